The lowest BCUT2D eigenvalue weighted by Gasteiger charge is -2.18. The maximum atomic E-state index is 11.3. The van der Waals surface area contributed by atoms with E-state index in [4.69, 9.17) is 0 Å². The third kappa shape index (κ3) is 5.95. The van der Waals surface area contributed by atoms with E-state index in [1.807, 2.05) is 6.92 Å². The van der Waals surface area contributed by atoms with E-state index in [-0.39, 0.29) is 12.0 Å². The van der Waals surface area contributed by atoms with Crippen molar-refractivity contribution in [1.82, 2.24) is 9.44 Å². The lowest BCUT2D eigenvalue weighted by Crippen LogP contribution is -2.46. The Morgan fingerprint density at radius 3 is 2.40 bits per heavy atom. The number of halogens is 1. The molecule has 2 N–H and O–H groups in total. The van der Waals surface area contributed by atoms with Crippen LogP contribution < -0.4 is 9.44 Å². The number of hydrogen-bond acceptors (Lipinski definition) is 4. The van der Waals surface area contributed by atoms with E-state index in [1.54, 1.807) is 11.6 Å². The summed E-state index contributed by atoms with van der Waals surface area (Å²) in [5.74, 6) is 0.110. The van der Waals surface area contributed by atoms with Crippen LogP contribution in [0, 0.1) is 5.92 Å². The number of carbonyl (C=O) groups excluding carboxylic acids is 1. The van der Waals surface area contributed by atoms with Crippen molar-refractivity contribution in [1.29, 1.82) is 0 Å². The van der Waals surface area contributed by atoms with Crippen LogP contribution in [0.25, 0.3) is 0 Å². The maximum Gasteiger partial charge on any atom is 0.421 e. The van der Waals surface area contributed by atoms with Crippen LogP contribution in [0.2, 0.25) is 0 Å². The monoisotopic (exact) mass is 302 g/mol. The van der Waals surface area contributed by atoms with Crippen molar-refractivity contribution >= 4 is 32.2 Å². The molecule has 1 amide bonds. The Labute approximate surface area is 98.1 Å². The minimum absolute atomic E-state index is 0.110. The molecule has 0 saturated heterocycles. The molecule has 0 aliphatic heterocycles. The summed E-state index contributed by atoms with van der Waals surface area (Å²) >= 11 is 3.24. The van der Waals surface area contributed by atoms with Gasteiger partial charge in [-0.25, -0.2) is 9.52 Å². The second-order valence-electron chi connectivity index (χ2n) is 3.14. The Bertz CT molecular complexity index is 306. The number of carbonyl (C=O) groups is 1. The molecule has 0 heterocycles. The van der Waals surface area contributed by atoms with E-state index in [0.717, 1.165) is 7.11 Å². The van der Waals surface area contributed by atoms with Crippen LogP contribution in [0.5, 0.6) is 0 Å². The molecule has 0 radical (unpaired) electrons. The Hall–Kier alpha value is -0.340. The number of hydrogen-bond donors (Lipinski definition) is 2. The van der Waals surface area contributed by atoms with Crippen LogP contribution in [0.1, 0.15) is 13.8 Å². The second-order valence-corrected chi connectivity index (χ2v) is 5.23. The molecule has 2 atom stereocenters. The number of ether oxygens (including phenoxy) is 1. The van der Waals surface area contributed by atoms with Gasteiger partial charge in [0.15, 0.2) is 0 Å². The second kappa shape index (κ2) is 6.29. The normalized spacial score (nSPS) is 15.5. The Morgan fingerprint density at radius 1 is 1.47 bits per heavy atom. The molecule has 0 rings (SSSR count). The summed E-state index contributed by atoms with van der Waals surface area (Å²) in [7, 11) is -2.75. The van der Waals surface area contributed by atoms with Gasteiger partial charge in [-0.3, -0.25) is 0 Å². The van der Waals surface area contributed by atoms with E-state index in [9.17, 15) is 13.2 Å². The fourth-order valence-electron chi connectivity index (χ4n) is 0.675. The smallest absolute Gasteiger partial charge is 0.421 e. The average Bonchev–Trinajstić information content (AvgIpc) is 2.14. The Kier molecular flexibility index (Phi) is 6.15. The van der Waals surface area contributed by atoms with Crippen LogP contribution >= 0.6 is 15.9 Å². The quantitative estimate of drug-likeness (QED) is 0.728. The summed E-state index contributed by atoms with van der Waals surface area (Å²) in [6.45, 7) is 3.59. The Morgan fingerprint density at radius 2 is 2.00 bits per heavy atom. The van der Waals surface area contributed by atoms with Gasteiger partial charge >= 0.3 is 16.3 Å². The van der Waals surface area contributed by atoms with Gasteiger partial charge < -0.3 is 4.74 Å². The van der Waals surface area contributed by atoms with Crippen molar-refractivity contribution in [2.24, 2.45) is 5.92 Å². The summed E-state index contributed by atoms with van der Waals surface area (Å²) in [6, 6.07) is -0.286. The van der Waals surface area contributed by atoms with Crippen LogP contribution in [-0.4, -0.2) is 33.0 Å². The molecule has 90 valence electrons. The molecule has 0 saturated carbocycles. The van der Waals surface area contributed by atoms with E-state index in [2.05, 4.69) is 25.4 Å². The Balaban J connectivity index is 4.32. The standard InChI is InChI=1S/C7H15BrN2O4S/c1-5(4-8)6(2)9-15(12,13)10-7(11)14-3/h5-6,9H,4H2,1-3H3,(H,10,11). The van der Waals surface area contributed by atoms with E-state index >= 15 is 0 Å². The first-order chi connectivity index (χ1) is 6.82. The lowest BCUT2D eigenvalue weighted by molar-refractivity contribution is 0.177. The largest absolute Gasteiger partial charge is 0.452 e. The van der Waals surface area contributed by atoms with Gasteiger partial charge in [0.2, 0.25) is 0 Å². The van der Waals surface area contributed by atoms with Crippen LogP contribution in [-0.2, 0) is 14.9 Å². The summed E-state index contributed by atoms with van der Waals surface area (Å²) in [5.41, 5.74) is 0. The molecule has 15 heavy (non-hydrogen) atoms. The highest BCUT2D eigenvalue weighted by Gasteiger charge is 2.20. The fourth-order valence-corrected chi connectivity index (χ4v) is 2.32. The molecule has 2 unspecified atom stereocenters. The number of alkyl halides is 1. The average molecular weight is 303 g/mol. The lowest BCUT2D eigenvalue weighted by atomic mass is 10.1. The SMILES string of the molecule is COC(=O)NS(=O)(=O)NC(C)C(C)CBr. The van der Waals surface area contributed by atoms with Crippen molar-refractivity contribution in [2.45, 2.75) is 19.9 Å². The highest BCUT2D eigenvalue weighted by Crippen LogP contribution is 2.06. The topological polar surface area (TPSA) is 84.5 Å². The number of amides is 1. The van der Waals surface area contributed by atoms with Gasteiger partial charge in [-0.2, -0.15) is 13.1 Å². The molecule has 0 spiro atoms. The number of nitrogens with one attached hydrogen (secondary N) is 2. The predicted molar refractivity (Wildman–Crippen MR) is 60.0 cm³/mol. The first-order valence-electron chi connectivity index (χ1n) is 4.26. The van der Waals surface area contributed by atoms with Gasteiger partial charge in [-0.05, 0) is 12.8 Å². The molecule has 6 nitrogen and oxygen atoms in total. The van der Waals surface area contributed by atoms with Gasteiger partial charge in [0.25, 0.3) is 0 Å². The highest BCUT2D eigenvalue weighted by atomic mass is 79.9. The van der Waals surface area contributed by atoms with Crippen LogP contribution in [0.4, 0.5) is 4.79 Å². The fraction of sp³-hybridized carbons (Fsp3) is 0.857. The molecular formula is C7H15BrN2O4S. The van der Waals surface area contributed by atoms with E-state index < -0.39 is 16.3 Å². The highest BCUT2D eigenvalue weighted by molar-refractivity contribution is 9.09. The van der Waals surface area contributed by atoms with Gasteiger partial charge in [0, 0.05) is 11.4 Å². The molecule has 0 bridgehead atoms. The van der Waals surface area contributed by atoms with E-state index in [0.29, 0.717) is 5.33 Å². The molecule has 0 aromatic carbocycles. The number of methoxy groups -OCH3 is 1. The first kappa shape index (κ1) is 14.7. The van der Waals surface area contributed by atoms with Crippen molar-refractivity contribution < 1.29 is 17.9 Å². The zero-order valence-corrected chi connectivity index (χ0v) is 11.2. The van der Waals surface area contributed by atoms with Gasteiger partial charge in [0.05, 0.1) is 7.11 Å². The van der Waals surface area contributed by atoms with Crippen molar-refractivity contribution in [3.05, 3.63) is 0 Å². The summed E-state index contributed by atoms with van der Waals surface area (Å²) in [4.78, 5) is 10.7. The summed E-state index contributed by atoms with van der Waals surface area (Å²) in [6.07, 6.45) is -1.01. The third-order valence-corrected chi connectivity index (χ3v) is 3.98. The van der Waals surface area contributed by atoms with E-state index in [1.165, 1.54) is 0 Å². The molecule has 0 aliphatic rings. The van der Waals surface area contributed by atoms with Crippen molar-refractivity contribution in [3.8, 4) is 0 Å². The van der Waals surface area contributed by atoms with Crippen molar-refractivity contribution in [3.63, 3.8) is 0 Å². The maximum absolute atomic E-state index is 11.3. The molecule has 0 aromatic rings. The number of rotatable bonds is 5. The van der Waals surface area contributed by atoms with Crippen molar-refractivity contribution in [2.75, 3.05) is 12.4 Å². The molecule has 0 aromatic heterocycles. The minimum Gasteiger partial charge on any atom is -0.452 e. The summed E-state index contributed by atoms with van der Waals surface area (Å²) in [5, 5.41) is 0.662. The molecule has 8 heteroatoms. The first-order valence-corrected chi connectivity index (χ1v) is 6.86. The predicted octanol–water partition coefficient (Wildman–Crippen LogP) is 0.596. The zero-order chi connectivity index (χ0) is 12.1. The van der Waals surface area contributed by atoms with Gasteiger partial charge in [-0.15, -0.1) is 0 Å². The van der Waals surface area contributed by atoms with Crippen LogP contribution in [0.3, 0.4) is 0 Å². The molecular weight excluding hydrogens is 288 g/mol. The third-order valence-electron chi connectivity index (χ3n) is 1.84. The zero-order valence-electron chi connectivity index (χ0n) is 8.78. The summed E-state index contributed by atoms with van der Waals surface area (Å²) < 4.78 is 30.8. The molecule has 0 aliphatic carbocycles. The molecule has 0 fully saturated rings. The van der Waals surface area contributed by atoms with Gasteiger partial charge in [0.1, 0.15) is 0 Å². The minimum atomic E-state index is -3.84. The van der Waals surface area contributed by atoms with Crippen LogP contribution in [0.15, 0.2) is 0 Å². The van der Waals surface area contributed by atoms with Gasteiger partial charge in [-0.1, -0.05) is 22.9 Å².